The molecule has 3 rings (SSSR count). The van der Waals surface area contributed by atoms with Gasteiger partial charge in [0.15, 0.2) is 0 Å². The van der Waals surface area contributed by atoms with Crippen LogP contribution in [0, 0.1) is 0 Å². The van der Waals surface area contributed by atoms with Gasteiger partial charge in [-0.05, 0) is 68.8 Å². The smallest absolute Gasteiger partial charge is 0.407 e. The summed E-state index contributed by atoms with van der Waals surface area (Å²) >= 11 is 0. The van der Waals surface area contributed by atoms with Crippen LogP contribution in [0.15, 0.2) is 48.5 Å². The number of rotatable bonds is 9. The number of carbonyl (C=O) groups is 2. The van der Waals surface area contributed by atoms with Crippen molar-refractivity contribution in [2.75, 3.05) is 13.2 Å². The van der Waals surface area contributed by atoms with Gasteiger partial charge in [-0.15, -0.1) is 12.4 Å². The Morgan fingerprint density at radius 3 is 2.09 bits per heavy atom. The van der Waals surface area contributed by atoms with E-state index in [1.807, 2.05) is 36.4 Å². The molecule has 1 aliphatic carbocycles. The Balaban J connectivity index is 0.00000363. The maximum Gasteiger partial charge on any atom is 0.407 e. The summed E-state index contributed by atoms with van der Waals surface area (Å²) in [6.45, 7) is 7.24. The van der Waals surface area contributed by atoms with E-state index >= 15 is 0 Å². The predicted octanol–water partition coefficient (Wildman–Crippen LogP) is 4.96. The van der Waals surface area contributed by atoms with Gasteiger partial charge in [0.2, 0.25) is 0 Å². The lowest BCUT2D eigenvalue weighted by Crippen LogP contribution is -2.41. The number of hydrogen-bond donors (Lipinski definition) is 3. The van der Waals surface area contributed by atoms with Crippen molar-refractivity contribution in [2.45, 2.75) is 57.5 Å². The van der Waals surface area contributed by atoms with E-state index in [0.717, 1.165) is 35.2 Å². The predicted molar refractivity (Wildman–Crippen MR) is 128 cm³/mol. The second kappa shape index (κ2) is 11.3. The van der Waals surface area contributed by atoms with Gasteiger partial charge < -0.3 is 20.5 Å². The van der Waals surface area contributed by atoms with Crippen molar-refractivity contribution in [1.29, 1.82) is 0 Å². The molecule has 1 aliphatic rings. The van der Waals surface area contributed by atoms with Crippen molar-refractivity contribution in [3.05, 3.63) is 59.7 Å². The van der Waals surface area contributed by atoms with Crippen molar-refractivity contribution < 1.29 is 19.4 Å². The molecule has 2 aromatic carbocycles. The molecule has 0 unspecified atom stereocenters. The lowest BCUT2D eigenvalue weighted by atomic mass is 9.98. The minimum Gasteiger partial charge on any atom is -0.480 e. The largest absolute Gasteiger partial charge is 0.480 e. The molecule has 7 heteroatoms. The molecule has 0 heterocycles. The zero-order valence-electron chi connectivity index (χ0n) is 18.9. The van der Waals surface area contributed by atoms with E-state index in [9.17, 15) is 14.7 Å². The molecule has 0 aliphatic heterocycles. The number of aliphatic carboxylic acids is 1. The monoisotopic (exact) mass is 460 g/mol. The summed E-state index contributed by atoms with van der Waals surface area (Å²) in [4.78, 5) is 23.9. The summed E-state index contributed by atoms with van der Waals surface area (Å²) in [5.74, 6) is -1.10. The van der Waals surface area contributed by atoms with Gasteiger partial charge >= 0.3 is 12.1 Å². The molecule has 0 aromatic heterocycles. The van der Waals surface area contributed by atoms with E-state index in [-0.39, 0.29) is 30.5 Å². The number of halogens is 1. The topological polar surface area (TPSA) is 87.7 Å². The summed E-state index contributed by atoms with van der Waals surface area (Å²) < 4.78 is 5.47. The Hall–Kier alpha value is -2.57. The van der Waals surface area contributed by atoms with Crippen LogP contribution in [-0.4, -0.2) is 41.9 Å². The number of carbonyl (C=O) groups excluding carboxylic acids is 1. The number of carboxylic acid groups (broad SMARTS) is 1. The Bertz CT molecular complexity index is 881. The fourth-order valence-corrected chi connectivity index (χ4v) is 3.98. The highest BCUT2D eigenvalue weighted by Crippen LogP contribution is 2.44. The zero-order valence-corrected chi connectivity index (χ0v) is 19.7. The Morgan fingerprint density at radius 1 is 1.00 bits per heavy atom. The zero-order chi connectivity index (χ0) is 22.4. The maximum atomic E-state index is 12.3. The summed E-state index contributed by atoms with van der Waals surface area (Å²) in [6.07, 6.45) is 1.21. The SMILES string of the molecule is CC(C)(C)NCCCC[C@@H](NC(=O)OCC1c2ccccc2-c2ccccc21)C(=O)O.Cl. The molecule has 0 radical (unpaired) electrons. The summed E-state index contributed by atoms with van der Waals surface area (Å²) in [7, 11) is 0. The number of benzene rings is 2. The Morgan fingerprint density at radius 2 is 1.56 bits per heavy atom. The van der Waals surface area contributed by atoms with Gasteiger partial charge in [-0.2, -0.15) is 0 Å². The van der Waals surface area contributed by atoms with E-state index in [0.29, 0.717) is 12.8 Å². The molecular formula is C25H33ClN2O4. The fraction of sp³-hybridized carbons (Fsp3) is 0.440. The number of nitrogens with one attached hydrogen (secondary N) is 2. The summed E-state index contributed by atoms with van der Waals surface area (Å²) in [6, 6.07) is 15.2. The van der Waals surface area contributed by atoms with E-state index in [4.69, 9.17) is 4.74 Å². The lowest BCUT2D eigenvalue weighted by Gasteiger charge is -2.21. The quantitative estimate of drug-likeness (QED) is 0.460. The molecule has 0 spiro atoms. The molecule has 6 nitrogen and oxygen atoms in total. The van der Waals surface area contributed by atoms with Gasteiger partial charge in [-0.25, -0.2) is 9.59 Å². The third-order valence-electron chi connectivity index (χ3n) is 5.51. The van der Waals surface area contributed by atoms with Crippen LogP contribution in [0.5, 0.6) is 0 Å². The van der Waals surface area contributed by atoms with Crippen LogP contribution in [-0.2, 0) is 9.53 Å². The molecule has 1 atom stereocenters. The lowest BCUT2D eigenvalue weighted by molar-refractivity contribution is -0.139. The van der Waals surface area contributed by atoms with Gasteiger partial charge in [0.05, 0.1) is 0 Å². The van der Waals surface area contributed by atoms with Gasteiger partial charge in [0.1, 0.15) is 12.6 Å². The number of hydrogen-bond acceptors (Lipinski definition) is 4. The third kappa shape index (κ3) is 6.71. The van der Waals surface area contributed by atoms with Crippen LogP contribution in [0.25, 0.3) is 11.1 Å². The highest BCUT2D eigenvalue weighted by molar-refractivity contribution is 5.85. The van der Waals surface area contributed by atoms with Crippen LogP contribution >= 0.6 is 12.4 Å². The molecule has 0 bridgehead atoms. The van der Waals surface area contributed by atoms with Gasteiger partial charge in [0, 0.05) is 11.5 Å². The Kier molecular flexibility index (Phi) is 9.10. The van der Waals surface area contributed by atoms with Crippen molar-refractivity contribution in [1.82, 2.24) is 10.6 Å². The van der Waals surface area contributed by atoms with Crippen LogP contribution < -0.4 is 10.6 Å². The number of alkyl carbamates (subject to hydrolysis) is 1. The summed E-state index contributed by atoms with van der Waals surface area (Å²) in [5, 5.41) is 15.4. The first-order chi connectivity index (χ1) is 14.8. The number of unbranched alkanes of at least 4 members (excludes halogenated alkanes) is 1. The fourth-order valence-electron chi connectivity index (χ4n) is 3.98. The summed E-state index contributed by atoms with van der Waals surface area (Å²) in [5.41, 5.74) is 4.58. The van der Waals surface area contributed by atoms with Crippen molar-refractivity contribution >= 4 is 24.5 Å². The Labute approximate surface area is 196 Å². The van der Waals surface area contributed by atoms with Crippen LogP contribution in [0.4, 0.5) is 4.79 Å². The van der Waals surface area contributed by atoms with Crippen LogP contribution in [0.3, 0.4) is 0 Å². The number of carboxylic acids is 1. The van der Waals surface area contributed by atoms with Gasteiger partial charge in [-0.3, -0.25) is 0 Å². The number of ether oxygens (including phenoxy) is 1. The normalized spacial score (nSPS) is 13.5. The molecular weight excluding hydrogens is 428 g/mol. The average molecular weight is 461 g/mol. The molecule has 32 heavy (non-hydrogen) atoms. The first-order valence-electron chi connectivity index (χ1n) is 10.9. The van der Waals surface area contributed by atoms with Crippen LogP contribution in [0.1, 0.15) is 57.1 Å². The second-order valence-electron chi connectivity index (χ2n) is 9.03. The molecule has 3 N–H and O–H groups in total. The minimum absolute atomic E-state index is 0. The number of fused-ring (bicyclic) bond motifs is 3. The molecule has 0 saturated carbocycles. The number of amides is 1. The maximum absolute atomic E-state index is 12.3. The molecule has 1 amide bonds. The van der Waals surface area contributed by atoms with Crippen LogP contribution in [0.2, 0.25) is 0 Å². The highest BCUT2D eigenvalue weighted by Gasteiger charge is 2.29. The van der Waals surface area contributed by atoms with E-state index in [1.165, 1.54) is 0 Å². The standard InChI is InChI=1S/C25H32N2O4.ClH/c1-25(2,3)26-15-9-8-14-22(23(28)29)27-24(30)31-16-21-19-12-6-4-10-17(19)18-11-5-7-13-20(18)21;/h4-7,10-13,21-22,26H,8-9,14-16H2,1-3H3,(H,27,30)(H,28,29);1H/t22-;/m1./s1. The third-order valence-corrected chi connectivity index (χ3v) is 5.51. The second-order valence-corrected chi connectivity index (χ2v) is 9.03. The van der Waals surface area contributed by atoms with Gasteiger partial charge in [0.25, 0.3) is 0 Å². The first-order valence-corrected chi connectivity index (χ1v) is 10.9. The van der Waals surface area contributed by atoms with E-state index in [1.54, 1.807) is 0 Å². The molecule has 0 saturated heterocycles. The minimum atomic E-state index is -1.04. The first kappa shape index (κ1) is 25.7. The highest BCUT2D eigenvalue weighted by atomic mass is 35.5. The molecule has 0 fully saturated rings. The van der Waals surface area contributed by atoms with Crippen molar-refractivity contribution in [2.24, 2.45) is 0 Å². The van der Waals surface area contributed by atoms with E-state index in [2.05, 4.69) is 43.5 Å². The van der Waals surface area contributed by atoms with Crippen molar-refractivity contribution in [3.63, 3.8) is 0 Å². The molecule has 174 valence electrons. The van der Waals surface area contributed by atoms with Gasteiger partial charge in [-0.1, -0.05) is 48.5 Å². The van der Waals surface area contributed by atoms with Crippen molar-refractivity contribution in [3.8, 4) is 11.1 Å². The average Bonchev–Trinajstić information content (AvgIpc) is 3.04. The van der Waals surface area contributed by atoms with E-state index < -0.39 is 18.1 Å². The molecule has 2 aromatic rings.